The largest absolute Gasteiger partial charge is 0.271 e. The molecule has 0 unspecified atom stereocenters. The predicted molar refractivity (Wildman–Crippen MR) is 86.5 cm³/mol. The van der Waals surface area contributed by atoms with Crippen molar-refractivity contribution >= 4 is 11.6 Å². The molecule has 2 rings (SSSR count). The summed E-state index contributed by atoms with van der Waals surface area (Å²) in [4.78, 5) is 11.9. The van der Waals surface area contributed by atoms with E-state index in [0.717, 1.165) is 18.4 Å². The molecule has 4 heteroatoms. The van der Waals surface area contributed by atoms with Crippen molar-refractivity contribution in [3.05, 3.63) is 71.0 Å². The number of halogens is 1. The van der Waals surface area contributed by atoms with Gasteiger partial charge >= 0.3 is 0 Å². The number of hydrazone groups is 1. The molecule has 0 atom stereocenters. The van der Waals surface area contributed by atoms with Gasteiger partial charge < -0.3 is 0 Å². The fourth-order valence-electron chi connectivity index (χ4n) is 2.09. The first kappa shape index (κ1) is 15.9. The fourth-order valence-corrected chi connectivity index (χ4v) is 2.09. The standard InChI is InChI=1S/C18H19FN2O/c1-3-5-14-8-10-15(11-9-14)13(2)20-21-18(22)16-6-4-7-17(19)12-16/h4,6-12H,3,5H2,1-2H3,(H,21,22)/b20-13-. The van der Waals surface area contributed by atoms with Crippen LogP contribution in [-0.2, 0) is 6.42 Å². The molecular weight excluding hydrogens is 279 g/mol. The number of nitrogens with zero attached hydrogens (tertiary/aromatic N) is 1. The quantitative estimate of drug-likeness (QED) is 0.659. The van der Waals surface area contributed by atoms with Crippen LogP contribution in [-0.4, -0.2) is 11.6 Å². The van der Waals surface area contributed by atoms with Gasteiger partial charge in [-0.25, -0.2) is 9.82 Å². The zero-order chi connectivity index (χ0) is 15.9. The minimum absolute atomic E-state index is 0.245. The second kappa shape index (κ2) is 7.50. The highest BCUT2D eigenvalue weighted by molar-refractivity contribution is 6.00. The van der Waals surface area contributed by atoms with Gasteiger partial charge in [0.2, 0.25) is 0 Å². The molecule has 0 radical (unpaired) electrons. The molecule has 1 N–H and O–H groups in total. The fraction of sp³-hybridized carbons (Fsp3) is 0.222. The maximum absolute atomic E-state index is 13.1. The van der Waals surface area contributed by atoms with Crippen molar-refractivity contribution in [2.75, 3.05) is 0 Å². The molecule has 0 aliphatic carbocycles. The maximum Gasteiger partial charge on any atom is 0.271 e. The lowest BCUT2D eigenvalue weighted by Gasteiger charge is -2.04. The molecule has 0 saturated heterocycles. The van der Waals surface area contributed by atoms with E-state index in [4.69, 9.17) is 0 Å². The highest BCUT2D eigenvalue weighted by Gasteiger charge is 2.06. The van der Waals surface area contributed by atoms with E-state index in [2.05, 4.69) is 29.6 Å². The van der Waals surface area contributed by atoms with Gasteiger partial charge in [-0.2, -0.15) is 5.10 Å². The third-order valence-electron chi connectivity index (χ3n) is 3.32. The normalized spacial score (nSPS) is 11.3. The number of hydrogen-bond donors (Lipinski definition) is 1. The van der Waals surface area contributed by atoms with Crippen LogP contribution in [0.3, 0.4) is 0 Å². The van der Waals surface area contributed by atoms with Crippen molar-refractivity contribution in [2.45, 2.75) is 26.7 Å². The predicted octanol–water partition coefficient (Wildman–Crippen LogP) is 3.93. The highest BCUT2D eigenvalue weighted by Crippen LogP contribution is 2.08. The molecule has 0 heterocycles. The first-order valence-electron chi connectivity index (χ1n) is 7.29. The van der Waals surface area contributed by atoms with Gasteiger partial charge in [-0.05, 0) is 42.7 Å². The van der Waals surface area contributed by atoms with Gasteiger partial charge in [-0.3, -0.25) is 4.79 Å². The average molecular weight is 298 g/mol. The van der Waals surface area contributed by atoms with E-state index in [9.17, 15) is 9.18 Å². The number of carbonyl (C=O) groups excluding carboxylic acids is 1. The van der Waals surface area contributed by atoms with Crippen LogP contribution in [0, 0.1) is 5.82 Å². The molecule has 2 aromatic carbocycles. The van der Waals surface area contributed by atoms with Crippen molar-refractivity contribution in [2.24, 2.45) is 5.10 Å². The van der Waals surface area contributed by atoms with Gasteiger partial charge in [-0.15, -0.1) is 0 Å². The monoisotopic (exact) mass is 298 g/mol. The molecule has 0 saturated carbocycles. The van der Waals surface area contributed by atoms with Crippen LogP contribution >= 0.6 is 0 Å². The first-order chi connectivity index (χ1) is 10.6. The van der Waals surface area contributed by atoms with Crippen LogP contribution in [0.15, 0.2) is 53.6 Å². The average Bonchev–Trinajstić information content (AvgIpc) is 2.53. The number of amides is 1. The summed E-state index contributed by atoms with van der Waals surface area (Å²) in [6.07, 6.45) is 2.16. The maximum atomic E-state index is 13.1. The van der Waals surface area contributed by atoms with E-state index in [0.29, 0.717) is 5.71 Å². The molecule has 2 aromatic rings. The Kier molecular flexibility index (Phi) is 5.42. The molecule has 1 amide bonds. The summed E-state index contributed by atoms with van der Waals surface area (Å²) in [5, 5.41) is 4.07. The second-order valence-electron chi connectivity index (χ2n) is 5.10. The number of hydrogen-bond acceptors (Lipinski definition) is 2. The van der Waals surface area contributed by atoms with Gasteiger partial charge in [0.1, 0.15) is 5.82 Å². The summed E-state index contributed by atoms with van der Waals surface area (Å²) in [6.45, 7) is 3.96. The Labute approximate surface area is 129 Å². The van der Waals surface area contributed by atoms with Crippen molar-refractivity contribution in [3.63, 3.8) is 0 Å². The van der Waals surface area contributed by atoms with Crippen LogP contribution in [0.2, 0.25) is 0 Å². The van der Waals surface area contributed by atoms with E-state index >= 15 is 0 Å². The lowest BCUT2D eigenvalue weighted by molar-refractivity contribution is 0.0954. The molecule has 0 bridgehead atoms. The van der Waals surface area contributed by atoms with E-state index in [1.807, 2.05) is 19.1 Å². The lowest BCUT2D eigenvalue weighted by atomic mass is 10.1. The number of nitrogens with one attached hydrogen (secondary N) is 1. The summed E-state index contributed by atoms with van der Waals surface area (Å²) in [6, 6.07) is 13.6. The van der Waals surface area contributed by atoms with E-state index in [-0.39, 0.29) is 5.56 Å². The van der Waals surface area contributed by atoms with Crippen molar-refractivity contribution in [1.29, 1.82) is 0 Å². The van der Waals surface area contributed by atoms with Crippen LogP contribution in [0.5, 0.6) is 0 Å². The zero-order valence-electron chi connectivity index (χ0n) is 12.8. The molecule has 114 valence electrons. The third kappa shape index (κ3) is 4.25. The number of carbonyl (C=O) groups is 1. The Hall–Kier alpha value is -2.49. The van der Waals surface area contributed by atoms with E-state index in [1.54, 1.807) is 6.07 Å². The summed E-state index contributed by atoms with van der Waals surface area (Å²) >= 11 is 0. The highest BCUT2D eigenvalue weighted by atomic mass is 19.1. The number of aryl methyl sites for hydroxylation is 1. The van der Waals surface area contributed by atoms with Crippen molar-refractivity contribution < 1.29 is 9.18 Å². The van der Waals surface area contributed by atoms with Crippen LogP contribution in [0.1, 0.15) is 41.8 Å². The van der Waals surface area contributed by atoms with Gasteiger partial charge in [0.05, 0.1) is 5.71 Å². The van der Waals surface area contributed by atoms with Gasteiger partial charge in [0, 0.05) is 5.56 Å². The summed E-state index contributed by atoms with van der Waals surface area (Å²) in [7, 11) is 0. The molecular formula is C18H19FN2O. The molecule has 0 fully saturated rings. The molecule has 0 spiro atoms. The summed E-state index contributed by atoms with van der Waals surface area (Å²) in [5.74, 6) is -0.874. The van der Waals surface area contributed by atoms with Crippen molar-refractivity contribution in [1.82, 2.24) is 5.43 Å². The molecule has 0 aliphatic heterocycles. The minimum Gasteiger partial charge on any atom is -0.267 e. The Balaban J connectivity index is 2.04. The van der Waals surface area contributed by atoms with E-state index < -0.39 is 11.7 Å². The minimum atomic E-state index is -0.445. The number of benzene rings is 2. The SMILES string of the molecule is CCCc1ccc(/C(C)=N\NC(=O)c2cccc(F)c2)cc1. The van der Waals surface area contributed by atoms with Crippen LogP contribution in [0.4, 0.5) is 4.39 Å². The second-order valence-corrected chi connectivity index (χ2v) is 5.10. The van der Waals surface area contributed by atoms with Gasteiger partial charge in [0.15, 0.2) is 0 Å². The van der Waals surface area contributed by atoms with Crippen LogP contribution in [0.25, 0.3) is 0 Å². The first-order valence-corrected chi connectivity index (χ1v) is 7.29. The Bertz CT molecular complexity index is 678. The zero-order valence-corrected chi connectivity index (χ0v) is 12.8. The summed E-state index contributed by atoms with van der Waals surface area (Å²) < 4.78 is 13.1. The lowest BCUT2D eigenvalue weighted by Crippen LogP contribution is -2.19. The molecule has 0 aromatic heterocycles. The molecule has 0 aliphatic rings. The Morgan fingerprint density at radius 1 is 1.14 bits per heavy atom. The van der Waals surface area contributed by atoms with E-state index in [1.165, 1.54) is 23.8 Å². The Morgan fingerprint density at radius 2 is 1.86 bits per heavy atom. The Morgan fingerprint density at radius 3 is 2.50 bits per heavy atom. The number of rotatable bonds is 5. The molecule has 3 nitrogen and oxygen atoms in total. The third-order valence-corrected chi connectivity index (χ3v) is 3.32. The van der Waals surface area contributed by atoms with Gasteiger partial charge in [-0.1, -0.05) is 43.7 Å². The summed E-state index contributed by atoms with van der Waals surface area (Å²) in [5.41, 5.74) is 5.62. The smallest absolute Gasteiger partial charge is 0.267 e. The molecule has 22 heavy (non-hydrogen) atoms. The van der Waals surface area contributed by atoms with Crippen LogP contribution < -0.4 is 5.43 Å². The van der Waals surface area contributed by atoms with Gasteiger partial charge in [0.25, 0.3) is 5.91 Å². The topological polar surface area (TPSA) is 41.5 Å². The van der Waals surface area contributed by atoms with Crippen molar-refractivity contribution in [3.8, 4) is 0 Å².